The molecule has 258 valence electrons. The summed E-state index contributed by atoms with van der Waals surface area (Å²) >= 11 is 13.5. The van der Waals surface area contributed by atoms with Crippen LogP contribution in [0.25, 0.3) is 11.8 Å². The maximum Gasteiger partial charge on any atom is 0.338 e. The zero-order chi connectivity index (χ0) is 35.7. The van der Waals surface area contributed by atoms with Gasteiger partial charge in [-0.25, -0.2) is 9.79 Å². The number of carbonyl (C=O) groups is 1. The number of allylic oxidation sites excluding steroid dienone is 1. The molecule has 1 atom stereocenters. The lowest BCUT2D eigenvalue weighted by Gasteiger charge is -2.26. The van der Waals surface area contributed by atoms with E-state index in [0.717, 1.165) is 34.0 Å². The SMILES string of the molecule is CCOC(=O)C1=C(C)N=c2s/c(=C\c3cc(C)n(-c4ccc(OCc5ccc(Cl)c(Cl)c5)cc4)c3C)c(=O)n2[C@H]1c1ccccc1OC(C)C. The summed E-state index contributed by atoms with van der Waals surface area (Å²) < 4.78 is 21.8. The number of ether oxygens (including phenoxy) is 3. The first kappa shape index (κ1) is 35.3. The predicted octanol–water partition coefficient (Wildman–Crippen LogP) is 7.88. The van der Waals surface area contributed by atoms with Gasteiger partial charge in [0.1, 0.15) is 24.1 Å². The van der Waals surface area contributed by atoms with Crippen molar-refractivity contribution >= 4 is 46.6 Å². The third kappa shape index (κ3) is 7.03. The number of hydrogen-bond donors (Lipinski definition) is 0. The minimum absolute atomic E-state index is 0.115. The molecule has 0 fully saturated rings. The second kappa shape index (κ2) is 14.7. The van der Waals surface area contributed by atoms with E-state index < -0.39 is 12.0 Å². The monoisotopic (exact) mass is 729 g/mol. The Morgan fingerprint density at radius 1 is 1.00 bits per heavy atom. The number of halogens is 2. The van der Waals surface area contributed by atoms with Crippen LogP contribution in [0.3, 0.4) is 0 Å². The minimum Gasteiger partial charge on any atom is -0.491 e. The topological polar surface area (TPSA) is 84.0 Å². The van der Waals surface area contributed by atoms with Crippen molar-refractivity contribution in [3.05, 3.63) is 142 Å². The molecule has 0 aliphatic carbocycles. The molecule has 8 nitrogen and oxygen atoms in total. The van der Waals surface area contributed by atoms with E-state index >= 15 is 0 Å². The van der Waals surface area contributed by atoms with Gasteiger partial charge in [0.05, 0.1) is 38.6 Å². The highest BCUT2D eigenvalue weighted by molar-refractivity contribution is 7.07. The van der Waals surface area contributed by atoms with Crippen LogP contribution in [0, 0.1) is 13.8 Å². The van der Waals surface area contributed by atoms with Gasteiger partial charge < -0.3 is 18.8 Å². The molecule has 2 aromatic heterocycles. The maximum absolute atomic E-state index is 14.3. The molecule has 0 radical (unpaired) electrons. The fourth-order valence-corrected chi connectivity index (χ4v) is 7.47. The van der Waals surface area contributed by atoms with Crippen molar-refractivity contribution < 1.29 is 19.0 Å². The van der Waals surface area contributed by atoms with Crippen molar-refractivity contribution in [1.29, 1.82) is 0 Å². The fourth-order valence-electron chi connectivity index (χ4n) is 6.11. The molecule has 0 saturated heterocycles. The molecule has 50 heavy (non-hydrogen) atoms. The van der Waals surface area contributed by atoms with Crippen LogP contribution in [-0.4, -0.2) is 27.8 Å². The summed E-state index contributed by atoms with van der Waals surface area (Å²) in [7, 11) is 0. The molecule has 6 rings (SSSR count). The van der Waals surface area contributed by atoms with Crippen LogP contribution >= 0.6 is 34.5 Å². The normalized spacial score (nSPS) is 14.5. The Morgan fingerprint density at radius 3 is 2.44 bits per heavy atom. The third-order valence-corrected chi connectivity index (χ3v) is 10.1. The first-order valence-corrected chi connectivity index (χ1v) is 17.8. The molecule has 5 aromatic rings. The average molecular weight is 731 g/mol. The second-order valence-corrected chi connectivity index (χ2v) is 14.0. The van der Waals surface area contributed by atoms with Gasteiger partial charge in [0.15, 0.2) is 4.80 Å². The van der Waals surface area contributed by atoms with E-state index in [4.69, 9.17) is 42.4 Å². The molecule has 1 aliphatic rings. The molecular weight excluding hydrogens is 693 g/mol. The Balaban J connectivity index is 1.36. The standard InChI is InChI=1S/C39H37Cl2N3O5S/c1-7-47-38(46)35-24(5)42-39-44(36(35)30-10-8-9-11-33(30)49-22(2)3)37(45)34(50-39)20-27-18-23(4)43(25(27)6)28-13-15-29(16-14-28)48-21-26-12-17-31(40)32(41)19-26/h8-20,22,36H,7,21H2,1-6H3/b34-20-/t36-/m0/s1. The van der Waals surface area contributed by atoms with Gasteiger partial charge in [0.25, 0.3) is 5.56 Å². The van der Waals surface area contributed by atoms with Crippen molar-refractivity contribution in [3.63, 3.8) is 0 Å². The van der Waals surface area contributed by atoms with Gasteiger partial charge in [-0.2, -0.15) is 0 Å². The lowest BCUT2D eigenvalue weighted by molar-refractivity contribution is -0.139. The minimum atomic E-state index is -0.771. The predicted molar refractivity (Wildman–Crippen MR) is 199 cm³/mol. The summed E-state index contributed by atoms with van der Waals surface area (Å²) in [5.74, 6) is 0.797. The van der Waals surface area contributed by atoms with E-state index in [0.29, 0.717) is 48.6 Å². The molecular formula is C39H37Cl2N3O5S. The van der Waals surface area contributed by atoms with Crippen molar-refractivity contribution in [2.24, 2.45) is 4.99 Å². The lowest BCUT2D eigenvalue weighted by atomic mass is 9.95. The summed E-state index contributed by atoms with van der Waals surface area (Å²) in [5.41, 5.74) is 6.00. The smallest absolute Gasteiger partial charge is 0.338 e. The molecule has 3 aromatic carbocycles. The summed E-state index contributed by atoms with van der Waals surface area (Å²) in [6, 6.07) is 22.1. The van der Waals surface area contributed by atoms with Gasteiger partial charge in [-0.1, -0.05) is 58.8 Å². The molecule has 11 heteroatoms. The molecule has 0 unspecified atom stereocenters. The number of nitrogens with zero attached hydrogens (tertiary/aromatic N) is 3. The summed E-state index contributed by atoms with van der Waals surface area (Å²) in [6.45, 7) is 12.0. The molecule has 3 heterocycles. The number of thiazole rings is 1. The van der Waals surface area contributed by atoms with Gasteiger partial charge >= 0.3 is 5.97 Å². The Bertz CT molecular complexity index is 2300. The molecule has 0 spiro atoms. The van der Waals surface area contributed by atoms with Crippen LogP contribution < -0.4 is 24.4 Å². The van der Waals surface area contributed by atoms with E-state index in [1.54, 1.807) is 30.5 Å². The Kier molecular flexibility index (Phi) is 10.4. The number of para-hydroxylation sites is 1. The number of esters is 1. The quantitative estimate of drug-likeness (QED) is 0.137. The Hall–Kier alpha value is -4.57. The van der Waals surface area contributed by atoms with Crippen molar-refractivity contribution in [2.75, 3.05) is 6.61 Å². The zero-order valence-corrected chi connectivity index (χ0v) is 30.9. The highest BCUT2D eigenvalue weighted by Crippen LogP contribution is 2.36. The van der Waals surface area contributed by atoms with Crippen LogP contribution in [-0.2, 0) is 16.1 Å². The van der Waals surface area contributed by atoms with Gasteiger partial charge in [-0.15, -0.1) is 0 Å². The number of fused-ring (bicyclic) bond motifs is 1. The average Bonchev–Trinajstić information content (AvgIpc) is 3.54. The first-order valence-electron chi connectivity index (χ1n) is 16.3. The van der Waals surface area contributed by atoms with Crippen molar-refractivity contribution in [3.8, 4) is 17.2 Å². The van der Waals surface area contributed by atoms with Crippen molar-refractivity contribution in [2.45, 2.75) is 60.3 Å². The van der Waals surface area contributed by atoms with Gasteiger partial charge in [0.2, 0.25) is 0 Å². The zero-order valence-electron chi connectivity index (χ0n) is 28.6. The number of carbonyl (C=O) groups excluding carboxylic acids is 1. The number of rotatable bonds is 10. The fraction of sp³-hybridized carbons (Fsp3) is 0.256. The first-order chi connectivity index (χ1) is 24.0. The second-order valence-electron chi connectivity index (χ2n) is 12.2. The van der Waals surface area contributed by atoms with Crippen LogP contribution in [0.15, 0.2) is 93.9 Å². The highest BCUT2D eigenvalue weighted by Gasteiger charge is 2.35. The van der Waals surface area contributed by atoms with Crippen molar-refractivity contribution in [1.82, 2.24) is 9.13 Å². The number of benzene rings is 3. The number of hydrogen-bond acceptors (Lipinski definition) is 7. The van der Waals surface area contributed by atoms with Crippen LogP contribution in [0.4, 0.5) is 0 Å². The van der Waals surface area contributed by atoms with Gasteiger partial charge in [0, 0.05) is 22.6 Å². The Labute approximate surface area is 304 Å². The van der Waals surface area contributed by atoms with Crippen LogP contribution in [0.2, 0.25) is 10.0 Å². The van der Waals surface area contributed by atoms with Crippen LogP contribution in [0.5, 0.6) is 11.5 Å². The van der Waals surface area contributed by atoms with Gasteiger partial charge in [-0.3, -0.25) is 9.36 Å². The van der Waals surface area contributed by atoms with E-state index in [-0.39, 0.29) is 18.3 Å². The molecule has 1 aliphatic heterocycles. The maximum atomic E-state index is 14.3. The largest absolute Gasteiger partial charge is 0.491 e. The Morgan fingerprint density at radius 2 is 1.74 bits per heavy atom. The summed E-state index contributed by atoms with van der Waals surface area (Å²) in [4.78, 5) is 32.9. The van der Waals surface area contributed by atoms with E-state index in [9.17, 15) is 9.59 Å². The lowest BCUT2D eigenvalue weighted by Crippen LogP contribution is -2.40. The van der Waals surface area contributed by atoms with Crippen LogP contribution in [0.1, 0.15) is 61.8 Å². The van der Waals surface area contributed by atoms with E-state index in [2.05, 4.69) is 10.6 Å². The molecule has 0 bridgehead atoms. The third-order valence-electron chi connectivity index (χ3n) is 8.33. The highest BCUT2D eigenvalue weighted by atomic mass is 35.5. The molecule has 0 amide bonds. The molecule has 0 N–H and O–H groups in total. The molecule has 0 saturated carbocycles. The number of aryl methyl sites for hydroxylation is 1. The summed E-state index contributed by atoms with van der Waals surface area (Å²) in [6.07, 6.45) is 1.78. The van der Waals surface area contributed by atoms with Gasteiger partial charge in [-0.05, 0) is 107 Å². The van der Waals surface area contributed by atoms with E-state index in [1.807, 2.05) is 88.4 Å². The number of aromatic nitrogens is 2. The summed E-state index contributed by atoms with van der Waals surface area (Å²) in [5, 5.41) is 0.994. The van der Waals surface area contributed by atoms with E-state index in [1.165, 1.54) is 11.3 Å².